The molecule has 4 rings (SSSR count). The van der Waals surface area contributed by atoms with Crippen LogP contribution in [0, 0.1) is 11.6 Å². The Bertz CT molecular complexity index is 1180. The van der Waals surface area contributed by atoms with Crippen LogP contribution in [0.15, 0.2) is 72.6 Å². The Kier molecular flexibility index (Phi) is 7.37. The Morgan fingerprint density at radius 1 is 1.15 bits per heavy atom. The molecule has 0 radical (unpaired) electrons. The molecular formula is C26H24F2N2O3S. The number of amides is 2. The van der Waals surface area contributed by atoms with E-state index in [0.717, 1.165) is 5.56 Å². The summed E-state index contributed by atoms with van der Waals surface area (Å²) in [5.74, 6) is -1.33. The maximum absolute atomic E-state index is 14.2. The van der Waals surface area contributed by atoms with Crippen molar-refractivity contribution in [2.24, 2.45) is 0 Å². The van der Waals surface area contributed by atoms with Gasteiger partial charge in [0.05, 0.1) is 11.6 Å². The minimum atomic E-state index is -0.638. The van der Waals surface area contributed by atoms with Crippen molar-refractivity contribution in [3.63, 3.8) is 0 Å². The van der Waals surface area contributed by atoms with Crippen molar-refractivity contribution < 1.29 is 23.1 Å². The minimum absolute atomic E-state index is 0.0906. The molecule has 1 aliphatic rings. The van der Waals surface area contributed by atoms with E-state index in [2.05, 4.69) is 6.58 Å². The lowest BCUT2D eigenvalue weighted by Gasteiger charge is -2.37. The summed E-state index contributed by atoms with van der Waals surface area (Å²) in [6.45, 7) is 4.21. The fourth-order valence-corrected chi connectivity index (χ4v) is 4.94. The summed E-state index contributed by atoms with van der Waals surface area (Å²) in [5.41, 5.74) is 0.912. The number of hydrogen-bond acceptors (Lipinski definition) is 4. The second kappa shape index (κ2) is 10.6. The number of ether oxygens (including phenoxy) is 1. The Labute approximate surface area is 200 Å². The third-order valence-electron chi connectivity index (χ3n) is 5.70. The second-order valence-corrected chi connectivity index (χ2v) is 8.87. The van der Waals surface area contributed by atoms with Crippen molar-refractivity contribution in [3.8, 4) is 5.75 Å². The van der Waals surface area contributed by atoms with Gasteiger partial charge < -0.3 is 14.5 Å². The zero-order chi connectivity index (χ0) is 24.1. The van der Waals surface area contributed by atoms with Gasteiger partial charge in [0.1, 0.15) is 30.5 Å². The number of benzene rings is 2. The molecule has 0 spiro atoms. The van der Waals surface area contributed by atoms with Gasteiger partial charge in [0.15, 0.2) is 0 Å². The van der Waals surface area contributed by atoms with Crippen LogP contribution in [-0.2, 0) is 11.2 Å². The van der Waals surface area contributed by atoms with Gasteiger partial charge >= 0.3 is 0 Å². The van der Waals surface area contributed by atoms with Crippen molar-refractivity contribution in [1.82, 2.24) is 9.80 Å². The second-order valence-electron chi connectivity index (χ2n) is 7.87. The summed E-state index contributed by atoms with van der Waals surface area (Å²) in [6.07, 6.45) is 2.21. The van der Waals surface area contributed by atoms with E-state index < -0.39 is 11.7 Å². The van der Waals surface area contributed by atoms with Crippen molar-refractivity contribution in [1.29, 1.82) is 0 Å². The standard InChI is InChI=1S/C26H24F2N2O3S/c1-2-13-29(26(32)20-5-3-4-6-22(20)28)16-25(31)30-14-11-24-21(12-15-34-24)23(30)17-33-19-9-7-18(27)8-10-19/h2-10,12,15,23H,1,11,13-14,16-17H2/t23-/m1/s1. The number of carbonyl (C=O) groups is 2. The molecule has 1 aliphatic heterocycles. The van der Waals surface area contributed by atoms with E-state index >= 15 is 0 Å². The van der Waals surface area contributed by atoms with Crippen molar-refractivity contribution in [2.45, 2.75) is 12.5 Å². The number of fused-ring (bicyclic) bond motifs is 1. The molecule has 176 valence electrons. The van der Waals surface area contributed by atoms with Crippen LogP contribution in [0.5, 0.6) is 5.75 Å². The average Bonchev–Trinajstić information content (AvgIpc) is 3.32. The van der Waals surface area contributed by atoms with Crippen molar-refractivity contribution in [2.75, 3.05) is 26.2 Å². The summed E-state index contributed by atoms with van der Waals surface area (Å²) in [7, 11) is 0. The van der Waals surface area contributed by atoms with Crippen LogP contribution in [0.25, 0.3) is 0 Å². The first-order chi connectivity index (χ1) is 16.5. The van der Waals surface area contributed by atoms with Gasteiger partial charge in [-0.25, -0.2) is 8.78 Å². The van der Waals surface area contributed by atoms with E-state index in [-0.39, 0.29) is 43.0 Å². The van der Waals surface area contributed by atoms with Gasteiger partial charge in [-0.05, 0) is 59.8 Å². The maximum Gasteiger partial charge on any atom is 0.257 e. The molecular weight excluding hydrogens is 458 g/mol. The highest BCUT2D eigenvalue weighted by Gasteiger charge is 2.33. The first-order valence-corrected chi connectivity index (χ1v) is 11.7. The molecule has 2 aromatic carbocycles. The fraction of sp³-hybridized carbons (Fsp3) is 0.231. The van der Waals surface area contributed by atoms with Crippen LogP contribution in [-0.4, -0.2) is 47.9 Å². The Hall–Kier alpha value is -3.52. The van der Waals surface area contributed by atoms with E-state index in [4.69, 9.17) is 4.74 Å². The summed E-state index contributed by atoms with van der Waals surface area (Å²) in [6, 6.07) is 13.0. The van der Waals surface area contributed by atoms with Gasteiger partial charge in [-0.2, -0.15) is 0 Å². The number of hydrogen-bond donors (Lipinski definition) is 0. The molecule has 0 fully saturated rings. The summed E-state index contributed by atoms with van der Waals surface area (Å²) in [4.78, 5) is 30.5. The van der Waals surface area contributed by atoms with Crippen LogP contribution in [0.2, 0.25) is 0 Å². The first kappa shape index (κ1) is 23.6. The Morgan fingerprint density at radius 3 is 2.65 bits per heavy atom. The Balaban J connectivity index is 1.53. The molecule has 2 heterocycles. The largest absolute Gasteiger partial charge is 0.491 e. The molecule has 0 N–H and O–H groups in total. The SMILES string of the molecule is C=CCN(CC(=O)N1CCc2sccc2[C@H]1COc1ccc(F)cc1)C(=O)c1ccccc1F. The molecule has 0 saturated carbocycles. The summed E-state index contributed by atoms with van der Waals surface area (Å²) < 4.78 is 33.3. The van der Waals surface area contributed by atoms with E-state index in [1.54, 1.807) is 22.3 Å². The Morgan fingerprint density at radius 2 is 1.91 bits per heavy atom. The zero-order valence-electron chi connectivity index (χ0n) is 18.5. The third-order valence-corrected chi connectivity index (χ3v) is 6.70. The quantitative estimate of drug-likeness (QED) is 0.431. The van der Waals surface area contributed by atoms with Crippen LogP contribution in [0.3, 0.4) is 0 Å². The molecule has 0 unspecified atom stereocenters. The molecule has 0 saturated heterocycles. The minimum Gasteiger partial charge on any atom is -0.491 e. The smallest absolute Gasteiger partial charge is 0.257 e. The number of halogens is 2. The van der Waals surface area contributed by atoms with E-state index in [0.29, 0.717) is 18.7 Å². The van der Waals surface area contributed by atoms with E-state index in [1.807, 2.05) is 11.4 Å². The molecule has 1 atom stereocenters. The topological polar surface area (TPSA) is 49.9 Å². The molecule has 0 aliphatic carbocycles. The predicted molar refractivity (Wildman–Crippen MR) is 127 cm³/mol. The predicted octanol–water partition coefficient (Wildman–Crippen LogP) is 4.86. The van der Waals surface area contributed by atoms with Crippen LogP contribution < -0.4 is 4.74 Å². The maximum atomic E-state index is 14.2. The lowest BCUT2D eigenvalue weighted by Crippen LogP contribution is -2.48. The van der Waals surface area contributed by atoms with E-state index in [9.17, 15) is 18.4 Å². The summed E-state index contributed by atoms with van der Waals surface area (Å²) in [5, 5.41) is 1.98. The van der Waals surface area contributed by atoms with Gasteiger partial charge in [-0.3, -0.25) is 9.59 Å². The van der Waals surface area contributed by atoms with Crippen molar-refractivity contribution in [3.05, 3.63) is 100 Å². The number of rotatable bonds is 8. The van der Waals surface area contributed by atoms with Crippen LogP contribution in [0.4, 0.5) is 8.78 Å². The number of nitrogens with zero attached hydrogens (tertiary/aromatic N) is 2. The summed E-state index contributed by atoms with van der Waals surface area (Å²) >= 11 is 1.63. The fourth-order valence-electron chi connectivity index (χ4n) is 4.01. The highest BCUT2D eigenvalue weighted by molar-refractivity contribution is 7.10. The highest BCUT2D eigenvalue weighted by Crippen LogP contribution is 2.34. The molecule has 3 aromatic rings. The first-order valence-electron chi connectivity index (χ1n) is 10.9. The molecule has 5 nitrogen and oxygen atoms in total. The number of thiophene rings is 1. The molecule has 0 bridgehead atoms. The van der Waals surface area contributed by atoms with Crippen LogP contribution in [0.1, 0.15) is 26.8 Å². The van der Waals surface area contributed by atoms with Crippen molar-refractivity contribution >= 4 is 23.2 Å². The van der Waals surface area contributed by atoms with Gasteiger partial charge in [0.25, 0.3) is 5.91 Å². The van der Waals surface area contributed by atoms with Gasteiger partial charge in [-0.1, -0.05) is 18.2 Å². The lowest BCUT2D eigenvalue weighted by molar-refractivity contribution is -0.135. The monoisotopic (exact) mass is 482 g/mol. The molecule has 2 amide bonds. The normalized spacial score (nSPS) is 14.9. The van der Waals surface area contributed by atoms with Gasteiger partial charge in [0.2, 0.25) is 5.91 Å². The van der Waals surface area contributed by atoms with Gasteiger partial charge in [0, 0.05) is 18.0 Å². The zero-order valence-corrected chi connectivity index (χ0v) is 19.3. The molecule has 34 heavy (non-hydrogen) atoms. The highest BCUT2D eigenvalue weighted by atomic mass is 32.1. The van der Waals surface area contributed by atoms with Crippen LogP contribution >= 0.6 is 11.3 Å². The average molecular weight is 483 g/mol. The van der Waals surface area contributed by atoms with E-state index in [1.165, 1.54) is 58.3 Å². The lowest BCUT2D eigenvalue weighted by atomic mass is 10.0. The van der Waals surface area contributed by atoms with Gasteiger partial charge in [-0.15, -0.1) is 17.9 Å². The molecule has 8 heteroatoms. The molecule has 1 aromatic heterocycles. The number of carbonyl (C=O) groups excluding carboxylic acids is 2. The third kappa shape index (κ3) is 5.17.